The van der Waals surface area contributed by atoms with E-state index in [1.807, 2.05) is 48.2 Å². The zero-order valence-corrected chi connectivity index (χ0v) is 21.9. The largest absolute Gasteiger partial charge is 0.483 e. The van der Waals surface area contributed by atoms with Crippen molar-refractivity contribution in [3.8, 4) is 5.75 Å². The van der Waals surface area contributed by atoms with Crippen molar-refractivity contribution in [2.45, 2.75) is 69.9 Å². The maximum atomic E-state index is 13.7. The summed E-state index contributed by atoms with van der Waals surface area (Å²) in [6, 6.07) is 11.2. The van der Waals surface area contributed by atoms with Crippen LogP contribution < -0.4 is 10.4 Å². The average Bonchev–Trinajstić information content (AvgIpc) is 3.37. The maximum Gasteiger partial charge on any atom is 0.339 e. The third-order valence-electron chi connectivity index (χ3n) is 8.63. The Hall–Kier alpha value is -2.83. The molecule has 1 saturated heterocycles. The normalized spacial score (nSPS) is 25.1. The number of carbonyl (C=O) groups is 1. The van der Waals surface area contributed by atoms with Gasteiger partial charge in [0.25, 0.3) is 5.91 Å². The van der Waals surface area contributed by atoms with Crippen LogP contribution in [0.5, 0.6) is 5.75 Å². The Balaban J connectivity index is 1.31. The summed E-state index contributed by atoms with van der Waals surface area (Å²) in [4.78, 5) is 28.1. The number of benzene rings is 2. The van der Waals surface area contributed by atoms with Gasteiger partial charge in [-0.2, -0.15) is 0 Å². The fraction of sp³-hybridized carbons (Fsp3) is 0.467. The van der Waals surface area contributed by atoms with Crippen LogP contribution in [0.1, 0.15) is 66.8 Å². The van der Waals surface area contributed by atoms with Crippen LogP contribution in [0.2, 0.25) is 5.02 Å². The van der Waals surface area contributed by atoms with Crippen molar-refractivity contribution in [1.29, 1.82) is 0 Å². The minimum Gasteiger partial charge on any atom is -0.483 e. The number of fused-ring (bicyclic) bond motifs is 4. The Morgan fingerprint density at radius 3 is 2.73 bits per heavy atom. The molecule has 37 heavy (non-hydrogen) atoms. The molecule has 1 N–H and O–H groups in total. The molecule has 0 spiro atoms. The Bertz CT molecular complexity index is 1410. The molecule has 6 nitrogen and oxygen atoms in total. The molecule has 2 aromatic carbocycles. The van der Waals surface area contributed by atoms with Crippen LogP contribution in [0.15, 0.2) is 45.6 Å². The Kier molecular flexibility index (Phi) is 6.28. The number of nitrogens with zero attached hydrogens (tertiary/aromatic N) is 1. The van der Waals surface area contributed by atoms with Gasteiger partial charge in [0.2, 0.25) is 0 Å². The van der Waals surface area contributed by atoms with Crippen molar-refractivity contribution in [3.05, 3.63) is 74.1 Å². The maximum absolute atomic E-state index is 13.7. The number of amides is 1. The SMILES string of the molecule is Cc1cc(OCC(=O)N2CC[C@]3(O)CCCC[C@H]3[C@@H]2c2ccc(Cl)cc2)c2c3c(c(=O)oc2c1)CCC3. The summed E-state index contributed by atoms with van der Waals surface area (Å²) < 4.78 is 11.8. The lowest BCUT2D eigenvalue weighted by atomic mass is 9.66. The van der Waals surface area contributed by atoms with Crippen LogP contribution in [-0.4, -0.2) is 34.7 Å². The van der Waals surface area contributed by atoms with Gasteiger partial charge in [0.05, 0.1) is 17.0 Å². The van der Waals surface area contributed by atoms with E-state index in [1.165, 1.54) is 0 Å². The van der Waals surface area contributed by atoms with Gasteiger partial charge in [0.1, 0.15) is 11.3 Å². The van der Waals surface area contributed by atoms with Gasteiger partial charge in [-0.25, -0.2) is 4.79 Å². The number of hydrogen-bond acceptors (Lipinski definition) is 5. The smallest absolute Gasteiger partial charge is 0.339 e. The van der Waals surface area contributed by atoms with Crippen LogP contribution in [0.4, 0.5) is 0 Å². The van der Waals surface area contributed by atoms with Gasteiger partial charge in [-0.15, -0.1) is 0 Å². The van der Waals surface area contributed by atoms with Crippen molar-refractivity contribution < 1.29 is 19.1 Å². The summed E-state index contributed by atoms with van der Waals surface area (Å²) in [5.41, 5.74) is 3.08. The highest BCUT2D eigenvalue weighted by Crippen LogP contribution is 2.49. The summed E-state index contributed by atoms with van der Waals surface area (Å²) in [5.74, 6) is 0.438. The molecule has 0 bridgehead atoms. The first-order valence-corrected chi connectivity index (χ1v) is 13.7. The molecule has 2 fully saturated rings. The Labute approximate surface area is 221 Å². The summed E-state index contributed by atoms with van der Waals surface area (Å²) in [5, 5.41) is 13.0. The molecule has 2 heterocycles. The van der Waals surface area contributed by atoms with Crippen molar-refractivity contribution in [1.82, 2.24) is 4.90 Å². The highest BCUT2D eigenvalue weighted by atomic mass is 35.5. The molecule has 3 atom stereocenters. The van der Waals surface area contributed by atoms with E-state index in [0.29, 0.717) is 35.7 Å². The van der Waals surface area contributed by atoms with E-state index in [2.05, 4.69) is 0 Å². The monoisotopic (exact) mass is 521 g/mol. The van der Waals surface area contributed by atoms with E-state index in [4.69, 9.17) is 20.8 Å². The van der Waals surface area contributed by atoms with Crippen molar-refractivity contribution in [2.24, 2.45) is 5.92 Å². The molecule has 3 aromatic rings. The van der Waals surface area contributed by atoms with Crippen LogP contribution in [0.25, 0.3) is 11.0 Å². The highest BCUT2D eigenvalue weighted by molar-refractivity contribution is 6.30. The average molecular weight is 522 g/mol. The summed E-state index contributed by atoms with van der Waals surface area (Å²) >= 11 is 6.17. The molecule has 7 heteroatoms. The van der Waals surface area contributed by atoms with Crippen molar-refractivity contribution in [3.63, 3.8) is 0 Å². The second-order valence-corrected chi connectivity index (χ2v) is 11.4. The van der Waals surface area contributed by atoms with Gasteiger partial charge < -0.3 is 19.2 Å². The topological polar surface area (TPSA) is 80.0 Å². The number of carbonyl (C=O) groups excluding carboxylic acids is 1. The van der Waals surface area contributed by atoms with E-state index in [-0.39, 0.29) is 30.1 Å². The summed E-state index contributed by atoms with van der Waals surface area (Å²) in [6.45, 7) is 2.27. The number of ether oxygens (including phenoxy) is 1. The van der Waals surface area contributed by atoms with Crippen LogP contribution >= 0.6 is 11.6 Å². The van der Waals surface area contributed by atoms with Gasteiger partial charge in [0, 0.05) is 23.0 Å². The van der Waals surface area contributed by atoms with Crippen LogP contribution in [0, 0.1) is 12.8 Å². The number of aryl methyl sites for hydroxylation is 2. The minimum atomic E-state index is -0.759. The van der Waals surface area contributed by atoms with Crippen LogP contribution in [-0.2, 0) is 17.6 Å². The predicted octanol–water partition coefficient (Wildman–Crippen LogP) is 5.52. The van der Waals surface area contributed by atoms with Crippen molar-refractivity contribution in [2.75, 3.05) is 13.2 Å². The summed E-state index contributed by atoms with van der Waals surface area (Å²) in [7, 11) is 0. The molecule has 0 radical (unpaired) electrons. The third kappa shape index (κ3) is 4.34. The first kappa shape index (κ1) is 24.5. The van der Waals surface area contributed by atoms with E-state index in [9.17, 15) is 14.7 Å². The zero-order chi connectivity index (χ0) is 25.7. The number of rotatable bonds is 4. The molecule has 1 aliphatic heterocycles. The highest BCUT2D eigenvalue weighted by Gasteiger charge is 2.50. The molecule has 194 valence electrons. The molecule has 6 rings (SSSR count). The third-order valence-corrected chi connectivity index (χ3v) is 8.88. The number of likely N-dealkylation sites (tertiary alicyclic amines) is 1. The van der Waals surface area contributed by atoms with E-state index >= 15 is 0 Å². The molecular formula is C30H32ClNO5. The molecule has 1 saturated carbocycles. The summed E-state index contributed by atoms with van der Waals surface area (Å²) in [6.07, 6.45) is 6.69. The van der Waals surface area contributed by atoms with E-state index in [0.717, 1.165) is 66.2 Å². The first-order chi connectivity index (χ1) is 17.8. The van der Waals surface area contributed by atoms with Gasteiger partial charge in [-0.05, 0) is 86.4 Å². The van der Waals surface area contributed by atoms with E-state index < -0.39 is 5.60 Å². The standard InChI is InChI=1S/C30H32ClNO5/c1-18-15-24(27-21-5-4-6-22(21)29(34)37-25(27)16-18)36-17-26(33)32-14-13-30(35)12-3-2-7-23(30)28(32)19-8-10-20(31)11-9-19/h8-11,15-16,23,28,35H,2-7,12-14,17H2,1H3/t23-,28-,30+/m0/s1. The second-order valence-electron chi connectivity index (χ2n) is 10.9. The second kappa shape index (κ2) is 9.48. The molecule has 0 unspecified atom stereocenters. The quantitative estimate of drug-likeness (QED) is 0.457. The fourth-order valence-electron chi connectivity index (χ4n) is 6.88. The van der Waals surface area contributed by atoms with Crippen LogP contribution in [0.3, 0.4) is 0 Å². The molecule has 1 amide bonds. The van der Waals surface area contributed by atoms with E-state index in [1.54, 1.807) is 0 Å². The number of aliphatic hydroxyl groups is 1. The number of hydrogen-bond donors (Lipinski definition) is 1. The molecule has 2 aliphatic carbocycles. The molecule has 3 aliphatic rings. The van der Waals surface area contributed by atoms with Gasteiger partial charge in [-0.3, -0.25) is 4.79 Å². The minimum absolute atomic E-state index is 0.0301. The van der Waals surface area contributed by atoms with Gasteiger partial charge >= 0.3 is 5.63 Å². The van der Waals surface area contributed by atoms with Crippen molar-refractivity contribution >= 4 is 28.5 Å². The molecule has 1 aromatic heterocycles. The lowest BCUT2D eigenvalue weighted by Gasteiger charge is -2.52. The lowest BCUT2D eigenvalue weighted by molar-refractivity contribution is -0.157. The lowest BCUT2D eigenvalue weighted by Crippen LogP contribution is -2.56. The first-order valence-electron chi connectivity index (χ1n) is 13.3. The van der Waals surface area contributed by atoms with Gasteiger partial charge in [0.15, 0.2) is 6.61 Å². The predicted molar refractivity (Wildman–Crippen MR) is 142 cm³/mol. The zero-order valence-electron chi connectivity index (χ0n) is 21.1. The number of halogens is 1. The van der Waals surface area contributed by atoms with Gasteiger partial charge in [-0.1, -0.05) is 36.6 Å². The number of piperidine rings is 1. The fourth-order valence-corrected chi connectivity index (χ4v) is 7.00. The molecular weight excluding hydrogens is 490 g/mol. The Morgan fingerprint density at radius 2 is 1.92 bits per heavy atom. The Morgan fingerprint density at radius 1 is 1.14 bits per heavy atom.